The van der Waals surface area contributed by atoms with Crippen LogP contribution in [0.25, 0.3) is 0 Å². The molecule has 0 aromatic rings. The first-order valence-corrected chi connectivity index (χ1v) is 8.01. The lowest BCUT2D eigenvalue weighted by molar-refractivity contribution is -0.581. The molecule has 0 radical (unpaired) electrons. The topological polar surface area (TPSA) is 43.4 Å². The van der Waals surface area contributed by atoms with Gasteiger partial charge in [-0.2, -0.15) is 0 Å². The van der Waals surface area contributed by atoms with Crippen LogP contribution >= 0.6 is 0 Å². The molecule has 2 bridgehead atoms. The Hall–Kier alpha value is -0.860. The van der Waals surface area contributed by atoms with E-state index in [1.807, 2.05) is 0 Å². The van der Waals surface area contributed by atoms with Crippen molar-refractivity contribution in [2.24, 2.45) is 58.2 Å². The Morgan fingerprint density at radius 2 is 1.26 bits per heavy atom. The summed E-state index contributed by atoms with van der Waals surface area (Å²) in [5, 5.41) is 0. The minimum atomic E-state index is -0.161. The quantitative estimate of drug-likeness (QED) is 0.488. The zero-order valence-electron chi connectivity index (χ0n) is 10.7. The Labute approximate surface area is 111 Å². The molecule has 0 N–H and O–H groups in total. The van der Waals surface area contributed by atoms with Gasteiger partial charge < -0.3 is 4.74 Å². The zero-order valence-corrected chi connectivity index (χ0v) is 10.7. The van der Waals surface area contributed by atoms with Gasteiger partial charge in [-0.3, -0.25) is 9.59 Å². The summed E-state index contributed by atoms with van der Waals surface area (Å²) in [4.78, 5) is 24.3. The first-order chi connectivity index (χ1) is 9.25. The van der Waals surface area contributed by atoms with Gasteiger partial charge in [0.15, 0.2) is 0 Å². The molecule has 0 aromatic carbocycles. The molecular weight excluding hydrogens is 240 g/mol. The highest BCUT2D eigenvalue weighted by atomic mass is 16.6. The standard InChI is InChI=1S/C16H16O3/c17-13-7-8(14(18)19-13)10-6-5-9(7)15-3-1-2-4-16(10,15)12(6)11(5)15/h5-12H,1-4H2/t5-,6+,7-,8-,9-,10-,11-,12+,15+,16-/m1/s1. The molecule has 1 aliphatic heterocycles. The fourth-order valence-electron chi connectivity index (χ4n) is 9.46. The van der Waals surface area contributed by atoms with E-state index < -0.39 is 0 Å². The van der Waals surface area contributed by atoms with Crippen molar-refractivity contribution in [1.82, 2.24) is 0 Å². The van der Waals surface area contributed by atoms with Crippen molar-refractivity contribution in [3.63, 3.8) is 0 Å². The largest absolute Gasteiger partial charge is 0.393 e. The predicted octanol–water partition coefficient (Wildman–Crippen LogP) is 1.61. The fraction of sp³-hybridized carbons (Fsp3) is 0.875. The highest BCUT2D eigenvalue weighted by molar-refractivity contribution is 5.98. The molecule has 19 heavy (non-hydrogen) atoms. The van der Waals surface area contributed by atoms with Gasteiger partial charge in [0.1, 0.15) is 0 Å². The van der Waals surface area contributed by atoms with Gasteiger partial charge in [0, 0.05) is 0 Å². The summed E-state index contributed by atoms with van der Waals surface area (Å²) in [5.74, 6) is 4.27. The van der Waals surface area contributed by atoms with Crippen LogP contribution in [-0.2, 0) is 14.3 Å². The van der Waals surface area contributed by atoms with Crippen molar-refractivity contribution in [3.8, 4) is 0 Å². The Bertz CT molecular complexity index is 559. The summed E-state index contributed by atoms with van der Waals surface area (Å²) in [5.41, 5.74) is 1.01. The van der Waals surface area contributed by atoms with E-state index in [2.05, 4.69) is 0 Å². The molecule has 8 aliphatic rings. The Morgan fingerprint density at radius 3 is 1.74 bits per heavy atom. The van der Waals surface area contributed by atoms with Crippen LogP contribution in [0.15, 0.2) is 0 Å². The van der Waals surface area contributed by atoms with E-state index in [-0.39, 0.29) is 23.8 Å². The normalized spacial score (nSPS) is 75.6. The Morgan fingerprint density at radius 1 is 0.789 bits per heavy atom. The summed E-state index contributed by atoms with van der Waals surface area (Å²) in [6.07, 6.45) is 5.41. The van der Waals surface area contributed by atoms with E-state index >= 15 is 0 Å². The first-order valence-electron chi connectivity index (χ1n) is 8.01. The van der Waals surface area contributed by atoms with Crippen LogP contribution in [0, 0.1) is 58.2 Å². The summed E-state index contributed by atoms with van der Waals surface area (Å²) < 4.78 is 5.06. The van der Waals surface area contributed by atoms with Gasteiger partial charge >= 0.3 is 11.9 Å². The lowest BCUT2D eigenvalue weighted by Gasteiger charge is -3.04. The average Bonchev–Trinajstić information content (AvgIpc) is 2.64. The maximum absolute atomic E-state index is 12.1. The third kappa shape index (κ3) is 0.494. The molecule has 8 fully saturated rings. The number of hydrogen-bond donors (Lipinski definition) is 0. The lowest BCUT2D eigenvalue weighted by Crippen LogP contribution is -3.02. The van der Waals surface area contributed by atoms with E-state index in [1.54, 1.807) is 0 Å². The molecule has 2 spiro atoms. The Kier molecular flexibility index (Phi) is 1.01. The van der Waals surface area contributed by atoms with E-state index in [0.717, 1.165) is 23.7 Å². The van der Waals surface area contributed by atoms with Crippen molar-refractivity contribution in [2.45, 2.75) is 25.7 Å². The van der Waals surface area contributed by atoms with Crippen LogP contribution < -0.4 is 0 Å². The van der Waals surface area contributed by atoms with Crippen molar-refractivity contribution >= 4 is 11.9 Å². The number of hydrogen-bond acceptors (Lipinski definition) is 3. The minimum Gasteiger partial charge on any atom is -0.393 e. The fourth-order valence-corrected chi connectivity index (χ4v) is 9.46. The molecule has 8 rings (SSSR count). The molecule has 3 heteroatoms. The van der Waals surface area contributed by atoms with Crippen LogP contribution in [-0.4, -0.2) is 11.9 Å². The van der Waals surface area contributed by atoms with Gasteiger partial charge in [-0.05, 0) is 59.2 Å². The molecule has 1 saturated heterocycles. The molecule has 98 valence electrons. The number of carbonyl (C=O) groups is 2. The molecule has 0 aromatic heterocycles. The third-order valence-corrected chi connectivity index (χ3v) is 9.07. The van der Waals surface area contributed by atoms with Gasteiger partial charge in [-0.15, -0.1) is 0 Å². The molecule has 7 saturated carbocycles. The van der Waals surface area contributed by atoms with Gasteiger partial charge in [0.25, 0.3) is 0 Å². The predicted molar refractivity (Wildman–Crippen MR) is 62.4 cm³/mol. The molecule has 10 atom stereocenters. The molecule has 0 unspecified atom stereocenters. The number of cyclic esters (lactones) is 2. The molecule has 7 aliphatic carbocycles. The smallest absolute Gasteiger partial charge is 0.317 e. The number of rotatable bonds is 0. The highest BCUT2D eigenvalue weighted by Crippen LogP contribution is 3.05. The number of esters is 2. The van der Waals surface area contributed by atoms with E-state index in [1.165, 1.54) is 25.7 Å². The van der Waals surface area contributed by atoms with Crippen LogP contribution in [0.5, 0.6) is 0 Å². The SMILES string of the molecule is O=C1OC(=O)[C@@H]2[C@@H]1[C@H]1[C@H]3[C@H]4[C@H]2[C@@]25CCCC[C@@]12[C@H]3[C@H]45. The summed E-state index contributed by atoms with van der Waals surface area (Å²) in [7, 11) is 0. The maximum atomic E-state index is 12.1. The van der Waals surface area contributed by atoms with Crippen LogP contribution in [0.2, 0.25) is 0 Å². The average molecular weight is 256 g/mol. The van der Waals surface area contributed by atoms with Crippen molar-refractivity contribution in [3.05, 3.63) is 0 Å². The number of ether oxygens (including phenoxy) is 1. The van der Waals surface area contributed by atoms with E-state index in [0.29, 0.717) is 22.7 Å². The van der Waals surface area contributed by atoms with Gasteiger partial charge in [0.05, 0.1) is 11.8 Å². The maximum Gasteiger partial charge on any atom is 0.317 e. The second-order valence-corrected chi connectivity index (χ2v) is 8.34. The minimum absolute atomic E-state index is 0.0255. The molecule has 1 heterocycles. The van der Waals surface area contributed by atoms with E-state index in [4.69, 9.17) is 4.74 Å². The Balaban J connectivity index is 1.51. The second-order valence-electron chi connectivity index (χ2n) is 8.34. The first kappa shape index (κ1) is 9.15. The summed E-state index contributed by atoms with van der Waals surface area (Å²) in [6, 6.07) is 0. The monoisotopic (exact) mass is 256 g/mol. The van der Waals surface area contributed by atoms with Gasteiger partial charge in [0.2, 0.25) is 0 Å². The van der Waals surface area contributed by atoms with Crippen LogP contribution in [0.3, 0.4) is 0 Å². The van der Waals surface area contributed by atoms with Crippen LogP contribution in [0.4, 0.5) is 0 Å². The summed E-state index contributed by atoms with van der Waals surface area (Å²) in [6.45, 7) is 0. The third-order valence-electron chi connectivity index (χ3n) is 9.07. The van der Waals surface area contributed by atoms with Crippen molar-refractivity contribution < 1.29 is 14.3 Å². The molecule has 0 amide bonds. The summed E-state index contributed by atoms with van der Waals surface area (Å²) >= 11 is 0. The lowest BCUT2D eigenvalue weighted by atomic mass is 8.99. The van der Waals surface area contributed by atoms with E-state index in [9.17, 15) is 9.59 Å². The number of carbonyl (C=O) groups excluding carboxylic acids is 2. The van der Waals surface area contributed by atoms with Gasteiger partial charge in [-0.25, -0.2) is 0 Å². The van der Waals surface area contributed by atoms with Crippen molar-refractivity contribution in [1.29, 1.82) is 0 Å². The van der Waals surface area contributed by atoms with Crippen LogP contribution in [0.1, 0.15) is 25.7 Å². The second kappa shape index (κ2) is 2.10. The molecule has 3 nitrogen and oxygen atoms in total. The highest BCUT2D eigenvalue weighted by Gasteiger charge is 3.03. The van der Waals surface area contributed by atoms with Gasteiger partial charge in [-0.1, -0.05) is 12.8 Å². The van der Waals surface area contributed by atoms with Crippen molar-refractivity contribution in [2.75, 3.05) is 0 Å². The zero-order chi connectivity index (χ0) is 12.3. The molecular formula is C16H16O3.